The van der Waals surface area contributed by atoms with Crippen LogP contribution in [0.25, 0.3) is 0 Å². The van der Waals surface area contributed by atoms with Gasteiger partial charge < -0.3 is 5.84 Å². The Balaban J connectivity index is 2.00. The molecule has 1 fully saturated rings. The van der Waals surface area contributed by atoms with Crippen molar-refractivity contribution in [3.63, 3.8) is 0 Å². The smallest absolute Gasteiger partial charge is 0.209 e. The van der Waals surface area contributed by atoms with Gasteiger partial charge in [0.2, 0.25) is 5.16 Å². The fourth-order valence-corrected chi connectivity index (χ4v) is 2.30. The average Bonchev–Trinajstić information content (AvgIpc) is 2.62. The molecule has 2 heterocycles. The van der Waals surface area contributed by atoms with E-state index in [9.17, 15) is 0 Å². The number of piperidine rings is 1. The number of nitrogens with zero attached hydrogens (tertiary/aromatic N) is 4. The summed E-state index contributed by atoms with van der Waals surface area (Å²) in [4.78, 5) is 2.39. The lowest BCUT2D eigenvalue weighted by molar-refractivity contribution is 0.214. The molecule has 1 aliphatic heterocycles. The van der Waals surface area contributed by atoms with Gasteiger partial charge in [0.05, 0.1) is 6.54 Å². The third-order valence-corrected chi connectivity index (χ3v) is 3.37. The molecule has 0 amide bonds. The molecular formula is C9H17N5S. The van der Waals surface area contributed by atoms with Crippen molar-refractivity contribution in [2.75, 3.05) is 25.2 Å². The second-order valence-corrected chi connectivity index (χ2v) is 4.58. The monoisotopic (exact) mass is 227 g/mol. The fourth-order valence-electron chi connectivity index (χ4n) is 1.87. The van der Waals surface area contributed by atoms with Gasteiger partial charge in [0.15, 0.2) is 5.82 Å². The molecule has 1 aromatic heterocycles. The van der Waals surface area contributed by atoms with E-state index in [2.05, 4.69) is 15.1 Å². The molecule has 2 N–H and O–H groups in total. The van der Waals surface area contributed by atoms with Crippen molar-refractivity contribution in [1.82, 2.24) is 19.8 Å². The summed E-state index contributed by atoms with van der Waals surface area (Å²) in [6.07, 6.45) is 5.88. The molecule has 0 unspecified atom stereocenters. The summed E-state index contributed by atoms with van der Waals surface area (Å²) in [5, 5.41) is 8.91. The lowest BCUT2D eigenvalue weighted by Gasteiger charge is -2.25. The number of nitrogen functional groups attached to an aromatic ring is 1. The van der Waals surface area contributed by atoms with Gasteiger partial charge in [-0.1, -0.05) is 18.2 Å². The average molecular weight is 227 g/mol. The lowest BCUT2D eigenvalue weighted by atomic mass is 10.1. The molecular weight excluding hydrogens is 210 g/mol. The first-order valence-electron chi connectivity index (χ1n) is 5.27. The lowest BCUT2D eigenvalue weighted by Crippen LogP contribution is -2.31. The quantitative estimate of drug-likeness (QED) is 0.608. The van der Waals surface area contributed by atoms with Gasteiger partial charge in [0, 0.05) is 0 Å². The largest absolute Gasteiger partial charge is 0.335 e. The second kappa shape index (κ2) is 4.85. The predicted octanol–water partition coefficient (Wildman–Crippen LogP) is 0.700. The van der Waals surface area contributed by atoms with Crippen molar-refractivity contribution in [3.8, 4) is 0 Å². The minimum atomic E-state index is 0.780. The van der Waals surface area contributed by atoms with Gasteiger partial charge in [0.1, 0.15) is 0 Å². The van der Waals surface area contributed by atoms with Crippen LogP contribution in [0.3, 0.4) is 0 Å². The van der Waals surface area contributed by atoms with Crippen molar-refractivity contribution < 1.29 is 0 Å². The van der Waals surface area contributed by atoms with E-state index in [0.29, 0.717) is 0 Å². The van der Waals surface area contributed by atoms with Gasteiger partial charge in [-0.25, -0.2) is 4.68 Å². The standard InChI is InChI=1S/C9H17N5S/c1-15-9-12-11-8(14(9)10)7-13-5-3-2-4-6-13/h2-7,10H2,1H3. The van der Waals surface area contributed by atoms with E-state index in [1.165, 1.54) is 31.0 Å². The van der Waals surface area contributed by atoms with E-state index in [4.69, 9.17) is 5.84 Å². The molecule has 0 saturated carbocycles. The number of aromatic nitrogens is 3. The number of thioether (sulfide) groups is 1. The number of nitrogens with two attached hydrogens (primary N) is 1. The van der Waals surface area contributed by atoms with Crippen molar-refractivity contribution in [2.24, 2.45) is 0 Å². The molecule has 0 aliphatic carbocycles. The zero-order valence-corrected chi connectivity index (χ0v) is 9.83. The Kier molecular flexibility index (Phi) is 3.48. The van der Waals surface area contributed by atoms with E-state index in [1.807, 2.05) is 6.26 Å². The van der Waals surface area contributed by atoms with Crippen LogP contribution in [0.2, 0.25) is 0 Å². The maximum Gasteiger partial charge on any atom is 0.209 e. The Morgan fingerprint density at radius 2 is 2.00 bits per heavy atom. The van der Waals surface area contributed by atoms with Crippen molar-refractivity contribution in [3.05, 3.63) is 5.82 Å². The molecule has 0 aromatic carbocycles. The number of likely N-dealkylation sites (tertiary alicyclic amines) is 1. The van der Waals surface area contributed by atoms with E-state index in [-0.39, 0.29) is 0 Å². The first-order chi connectivity index (χ1) is 7.31. The van der Waals surface area contributed by atoms with Gasteiger partial charge in [-0.2, -0.15) is 0 Å². The SMILES string of the molecule is CSc1nnc(CN2CCCCC2)n1N. The normalized spacial score (nSPS) is 18.2. The molecule has 1 aliphatic rings. The highest BCUT2D eigenvalue weighted by Crippen LogP contribution is 2.14. The highest BCUT2D eigenvalue weighted by atomic mass is 32.2. The van der Waals surface area contributed by atoms with E-state index in [1.54, 1.807) is 4.68 Å². The summed E-state index contributed by atoms with van der Waals surface area (Å²) in [6.45, 7) is 3.13. The van der Waals surface area contributed by atoms with E-state index in [0.717, 1.165) is 30.6 Å². The molecule has 0 atom stereocenters. The molecule has 0 radical (unpaired) electrons. The fraction of sp³-hybridized carbons (Fsp3) is 0.778. The van der Waals surface area contributed by atoms with Crippen LogP contribution in [0.15, 0.2) is 5.16 Å². The molecule has 0 bridgehead atoms. The topological polar surface area (TPSA) is 60.0 Å². The van der Waals surface area contributed by atoms with Crippen LogP contribution >= 0.6 is 11.8 Å². The number of hydrogen-bond donors (Lipinski definition) is 1. The number of hydrogen-bond acceptors (Lipinski definition) is 5. The van der Waals surface area contributed by atoms with Gasteiger partial charge >= 0.3 is 0 Å². The Labute approximate surface area is 94.0 Å². The van der Waals surface area contributed by atoms with Gasteiger partial charge in [-0.15, -0.1) is 10.2 Å². The second-order valence-electron chi connectivity index (χ2n) is 3.81. The molecule has 6 heteroatoms. The van der Waals surface area contributed by atoms with Crippen molar-refractivity contribution in [1.29, 1.82) is 0 Å². The number of rotatable bonds is 3. The molecule has 15 heavy (non-hydrogen) atoms. The minimum Gasteiger partial charge on any atom is -0.335 e. The first kappa shape index (κ1) is 10.8. The predicted molar refractivity (Wildman–Crippen MR) is 61.1 cm³/mol. The Morgan fingerprint density at radius 3 is 2.60 bits per heavy atom. The molecule has 0 spiro atoms. The van der Waals surface area contributed by atoms with Crippen LogP contribution in [0.4, 0.5) is 0 Å². The van der Waals surface area contributed by atoms with E-state index < -0.39 is 0 Å². The maximum atomic E-state index is 5.88. The summed E-state index contributed by atoms with van der Waals surface area (Å²) < 4.78 is 1.60. The maximum absolute atomic E-state index is 5.88. The van der Waals surface area contributed by atoms with Gasteiger partial charge in [-0.05, 0) is 32.2 Å². The van der Waals surface area contributed by atoms with Crippen LogP contribution in [0, 0.1) is 0 Å². The van der Waals surface area contributed by atoms with Crippen LogP contribution < -0.4 is 5.84 Å². The highest BCUT2D eigenvalue weighted by Gasteiger charge is 2.15. The minimum absolute atomic E-state index is 0.780. The third-order valence-electron chi connectivity index (χ3n) is 2.73. The summed E-state index contributed by atoms with van der Waals surface area (Å²) in [5.74, 6) is 6.74. The summed E-state index contributed by atoms with van der Waals surface area (Å²) in [6, 6.07) is 0. The molecule has 2 rings (SSSR count). The summed E-state index contributed by atoms with van der Waals surface area (Å²) >= 11 is 1.52. The van der Waals surface area contributed by atoms with Crippen LogP contribution in [-0.4, -0.2) is 39.1 Å². The van der Waals surface area contributed by atoms with Crippen LogP contribution in [0.1, 0.15) is 25.1 Å². The molecule has 84 valence electrons. The third kappa shape index (κ3) is 2.43. The zero-order chi connectivity index (χ0) is 10.7. The Hall–Kier alpha value is -0.750. The Bertz CT molecular complexity index is 318. The Morgan fingerprint density at radius 1 is 1.27 bits per heavy atom. The van der Waals surface area contributed by atoms with Gasteiger partial charge in [0.25, 0.3) is 0 Å². The van der Waals surface area contributed by atoms with Crippen molar-refractivity contribution in [2.45, 2.75) is 31.0 Å². The summed E-state index contributed by atoms with van der Waals surface area (Å²) in [7, 11) is 0. The van der Waals surface area contributed by atoms with E-state index >= 15 is 0 Å². The molecule has 1 aromatic rings. The van der Waals surface area contributed by atoms with Gasteiger partial charge in [-0.3, -0.25) is 4.90 Å². The molecule has 5 nitrogen and oxygen atoms in total. The molecule has 1 saturated heterocycles. The van der Waals surface area contributed by atoms with Crippen molar-refractivity contribution >= 4 is 11.8 Å². The van der Waals surface area contributed by atoms with Crippen LogP contribution in [-0.2, 0) is 6.54 Å². The highest BCUT2D eigenvalue weighted by molar-refractivity contribution is 7.98. The zero-order valence-electron chi connectivity index (χ0n) is 9.02. The summed E-state index contributed by atoms with van der Waals surface area (Å²) in [5.41, 5.74) is 0. The first-order valence-corrected chi connectivity index (χ1v) is 6.49. The van der Waals surface area contributed by atoms with Crippen LogP contribution in [0.5, 0.6) is 0 Å².